The van der Waals surface area contributed by atoms with Crippen molar-refractivity contribution < 1.29 is 9.90 Å². The van der Waals surface area contributed by atoms with Crippen molar-refractivity contribution in [2.75, 3.05) is 0 Å². The number of nitrogens with zero attached hydrogens (tertiary/aromatic N) is 4. The van der Waals surface area contributed by atoms with Crippen molar-refractivity contribution >= 4 is 33.3 Å². The fourth-order valence-electron chi connectivity index (χ4n) is 3.98. The van der Waals surface area contributed by atoms with E-state index >= 15 is 0 Å². The first kappa shape index (κ1) is 21.3. The third-order valence-corrected chi connectivity index (χ3v) is 5.94. The monoisotopic (exact) mass is 451 g/mol. The van der Waals surface area contributed by atoms with Crippen molar-refractivity contribution in [1.29, 1.82) is 0 Å². The number of nitrogens with one attached hydrogen (secondary N) is 1. The highest BCUT2D eigenvalue weighted by Crippen LogP contribution is 2.37. The van der Waals surface area contributed by atoms with Crippen molar-refractivity contribution in [1.82, 2.24) is 14.8 Å². The Labute approximate surface area is 194 Å². The summed E-state index contributed by atoms with van der Waals surface area (Å²) in [6.45, 7) is 4.12. The van der Waals surface area contributed by atoms with Gasteiger partial charge >= 0.3 is 5.91 Å². The highest BCUT2D eigenvalue weighted by atomic mass is 16.3. The number of carbonyl (C=O) groups excluding carboxylic acids is 1. The number of azo groups is 1. The van der Waals surface area contributed by atoms with Gasteiger partial charge in [0.2, 0.25) is 5.88 Å². The third kappa shape index (κ3) is 3.65. The molecule has 0 aliphatic carbocycles. The predicted molar refractivity (Wildman–Crippen MR) is 130 cm³/mol. The molecule has 0 fully saturated rings. The Morgan fingerprint density at radius 3 is 2.44 bits per heavy atom. The van der Waals surface area contributed by atoms with Crippen LogP contribution in [0.25, 0.3) is 21.7 Å². The molecule has 0 saturated carbocycles. The molecule has 168 valence electrons. The zero-order valence-corrected chi connectivity index (χ0v) is 18.6. The lowest BCUT2D eigenvalue weighted by Gasteiger charge is -2.09. The van der Waals surface area contributed by atoms with Gasteiger partial charge in [0.15, 0.2) is 11.4 Å². The van der Waals surface area contributed by atoms with Crippen LogP contribution < -0.4 is 5.56 Å². The van der Waals surface area contributed by atoms with Gasteiger partial charge in [-0.2, -0.15) is 5.10 Å². The third-order valence-electron chi connectivity index (χ3n) is 5.94. The Kier molecular flexibility index (Phi) is 5.25. The molecule has 0 spiro atoms. The van der Waals surface area contributed by atoms with Crippen LogP contribution in [0.2, 0.25) is 0 Å². The Morgan fingerprint density at radius 1 is 0.971 bits per heavy atom. The number of aromatic hydroxyl groups is 1. The molecule has 0 unspecified atom stereocenters. The number of benzene rings is 3. The summed E-state index contributed by atoms with van der Waals surface area (Å²) in [6.07, 6.45) is 0. The predicted octanol–water partition coefficient (Wildman–Crippen LogP) is 5.17. The maximum Gasteiger partial charge on any atom is 0.316 e. The summed E-state index contributed by atoms with van der Waals surface area (Å²) in [6, 6.07) is 19.9. The van der Waals surface area contributed by atoms with Crippen LogP contribution in [-0.2, 0) is 6.54 Å². The number of aromatic nitrogens is 3. The van der Waals surface area contributed by atoms with Gasteiger partial charge in [0, 0.05) is 10.8 Å². The average molecular weight is 451 g/mol. The number of aryl methyl sites for hydroxylation is 2. The number of amides is 1. The number of rotatable bonds is 4. The van der Waals surface area contributed by atoms with E-state index in [2.05, 4.69) is 20.3 Å². The van der Waals surface area contributed by atoms with E-state index in [1.807, 2.05) is 56.3 Å². The molecule has 1 amide bonds. The molecule has 0 aliphatic rings. The van der Waals surface area contributed by atoms with E-state index in [1.54, 1.807) is 24.3 Å². The van der Waals surface area contributed by atoms with Crippen LogP contribution in [0.3, 0.4) is 0 Å². The van der Waals surface area contributed by atoms with Crippen LogP contribution in [0.1, 0.15) is 27.2 Å². The molecule has 2 N–H and O–H groups in total. The van der Waals surface area contributed by atoms with Crippen molar-refractivity contribution in [2.24, 2.45) is 10.2 Å². The minimum absolute atomic E-state index is 0.0150. The van der Waals surface area contributed by atoms with E-state index in [1.165, 1.54) is 4.68 Å². The Balaban J connectivity index is 1.59. The van der Waals surface area contributed by atoms with Gasteiger partial charge in [-0.3, -0.25) is 9.59 Å². The van der Waals surface area contributed by atoms with Gasteiger partial charge < -0.3 is 10.1 Å². The molecule has 0 atom stereocenters. The van der Waals surface area contributed by atoms with E-state index in [0.29, 0.717) is 16.2 Å². The van der Waals surface area contributed by atoms with Crippen LogP contribution >= 0.6 is 0 Å². The van der Waals surface area contributed by atoms with E-state index in [0.717, 1.165) is 22.2 Å². The molecular formula is C26H21N5O3. The lowest BCUT2D eigenvalue weighted by Crippen LogP contribution is -2.26. The van der Waals surface area contributed by atoms with Crippen molar-refractivity contribution in [2.45, 2.75) is 20.4 Å². The van der Waals surface area contributed by atoms with Crippen LogP contribution in [0.5, 0.6) is 5.88 Å². The van der Waals surface area contributed by atoms with E-state index < -0.39 is 5.91 Å². The molecule has 0 radical (unpaired) electrons. The molecule has 0 bridgehead atoms. The Morgan fingerprint density at radius 2 is 1.68 bits per heavy atom. The fraction of sp³-hybridized carbons (Fsp3) is 0.115. The summed E-state index contributed by atoms with van der Waals surface area (Å²) >= 11 is 0. The molecule has 0 aliphatic heterocycles. The second-order valence-corrected chi connectivity index (χ2v) is 8.10. The topological polar surface area (TPSA) is 113 Å². The Bertz CT molecular complexity index is 1650. The summed E-state index contributed by atoms with van der Waals surface area (Å²) in [5, 5.41) is 24.0. The lowest BCUT2D eigenvalue weighted by molar-refractivity contribution is 0.0990. The minimum Gasteiger partial charge on any atom is -0.493 e. The molecule has 2 heterocycles. The smallest absolute Gasteiger partial charge is 0.316 e. The zero-order chi connectivity index (χ0) is 23.8. The Hall–Kier alpha value is -4.59. The highest BCUT2D eigenvalue weighted by molar-refractivity contribution is 6.05. The molecular weight excluding hydrogens is 430 g/mol. The van der Waals surface area contributed by atoms with E-state index in [9.17, 15) is 14.7 Å². The average Bonchev–Trinajstić information content (AvgIpc) is 3.18. The largest absolute Gasteiger partial charge is 0.493 e. The van der Waals surface area contributed by atoms with Gasteiger partial charge in [-0.25, -0.2) is 4.68 Å². The molecule has 0 saturated heterocycles. The number of hydrogen-bond donors (Lipinski definition) is 2. The number of hydrogen-bond acceptors (Lipinski definition) is 5. The zero-order valence-electron chi connectivity index (χ0n) is 18.6. The maximum atomic E-state index is 13.1. The first-order valence-corrected chi connectivity index (χ1v) is 10.7. The summed E-state index contributed by atoms with van der Waals surface area (Å²) < 4.78 is 1.26. The van der Waals surface area contributed by atoms with Gasteiger partial charge in [-0.05, 0) is 36.6 Å². The summed E-state index contributed by atoms with van der Waals surface area (Å²) in [5.74, 6) is -0.886. The first-order chi connectivity index (χ1) is 16.4. The SMILES string of the molecule is Cc1ccc2c(N=NC(=O)c3nn(Cc4ccccc4)c(=O)c4ccccc34)c(O)[nH]c2c1C. The standard InChI is InChI=1S/C26H21N5O3/c1-15-12-13-20-21(16(15)2)27-24(32)22(20)28-29-25(33)23-18-10-6-7-11-19(18)26(34)31(30-23)14-17-8-4-3-5-9-17/h3-13,27,32H,14H2,1-2H3. The molecule has 8 heteroatoms. The number of fused-ring (bicyclic) bond motifs is 2. The molecule has 34 heavy (non-hydrogen) atoms. The normalized spacial score (nSPS) is 11.6. The van der Waals surface area contributed by atoms with Crippen LogP contribution in [0, 0.1) is 13.8 Å². The van der Waals surface area contributed by atoms with Crippen LogP contribution in [-0.4, -0.2) is 25.8 Å². The summed E-state index contributed by atoms with van der Waals surface area (Å²) in [4.78, 5) is 29.0. The van der Waals surface area contributed by atoms with Crippen LogP contribution in [0.4, 0.5) is 5.69 Å². The minimum atomic E-state index is -0.712. The van der Waals surface area contributed by atoms with Crippen molar-refractivity contribution in [3.8, 4) is 5.88 Å². The summed E-state index contributed by atoms with van der Waals surface area (Å²) in [5.41, 5.74) is 3.54. The van der Waals surface area contributed by atoms with Gasteiger partial charge in [0.1, 0.15) is 0 Å². The molecule has 5 aromatic rings. The molecule has 3 aromatic carbocycles. The quantitative estimate of drug-likeness (QED) is 0.367. The fourth-order valence-corrected chi connectivity index (χ4v) is 3.98. The van der Waals surface area contributed by atoms with E-state index in [-0.39, 0.29) is 29.4 Å². The molecule has 2 aromatic heterocycles. The molecule has 5 rings (SSSR count). The number of H-pyrrole nitrogens is 1. The second-order valence-electron chi connectivity index (χ2n) is 8.10. The van der Waals surface area contributed by atoms with E-state index in [4.69, 9.17) is 0 Å². The van der Waals surface area contributed by atoms with Gasteiger partial charge in [-0.1, -0.05) is 60.7 Å². The van der Waals surface area contributed by atoms with Crippen LogP contribution in [0.15, 0.2) is 81.8 Å². The van der Waals surface area contributed by atoms with Gasteiger partial charge in [-0.15, -0.1) is 10.2 Å². The van der Waals surface area contributed by atoms with Gasteiger partial charge in [0.25, 0.3) is 5.56 Å². The molecule has 8 nitrogen and oxygen atoms in total. The van der Waals surface area contributed by atoms with Crippen molar-refractivity contribution in [3.05, 3.63) is 99.5 Å². The highest BCUT2D eigenvalue weighted by Gasteiger charge is 2.18. The number of carbonyl (C=O) groups is 1. The number of aromatic amines is 1. The maximum absolute atomic E-state index is 13.1. The second kappa shape index (κ2) is 8.40. The lowest BCUT2D eigenvalue weighted by atomic mass is 10.1. The summed E-state index contributed by atoms with van der Waals surface area (Å²) in [7, 11) is 0. The first-order valence-electron chi connectivity index (χ1n) is 10.7. The van der Waals surface area contributed by atoms with Crippen molar-refractivity contribution in [3.63, 3.8) is 0 Å². The van der Waals surface area contributed by atoms with Gasteiger partial charge in [0.05, 0.1) is 17.4 Å².